The van der Waals surface area contributed by atoms with Crippen LogP contribution in [0.4, 0.5) is 0 Å². The minimum Gasteiger partial charge on any atom is -0.342 e. The van der Waals surface area contributed by atoms with E-state index in [1.807, 2.05) is 18.7 Å². The highest BCUT2D eigenvalue weighted by Gasteiger charge is 2.39. The van der Waals surface area contributed by atoms with Crippen molar-refractivity contribution in [1.29, 1.82) is 0 Å². The zero-order chi connectivity index (χ0) is 14.9. The van der Waals surface area contributed by atoms with Gasteiger partial charge in [-0.15, -0.1) is 11.8 Å². The lowest BCUT2D eigenvalue weighted by Gasteiger charge is -2.39. The van der Waals surface area contributed by atoms with Crippen molar-refractivity contribution in [3.8, 4) is 0 Å². The van der Waals surface area contributed by atoms with E-state index in [0.717, 1.165) is 25.9 Å². The van der Waals surface area contributed by atoms with Gasteiger partial charge in [0.25, 0.3) is 0 Å². The van der Waals surface area contributed by atoms with E-state index < -0.39 is 4.75 Å². The normalized spacial score (nSPS) is 27.6. The van der Waals surface area contributed by atoms with Gasteiger partial charge >= 0.3 is 0 Å². The standard InChI is InChI=1S/C14H25N3O2S/c1-14(2)13(19)15-11(9-20-14)12(18)17-7-5-10(6-8-17)16(3)4/h10-11H,5-9H2,1-4H3,(H,15,19)/t11-/m0/s1. The van der Waals surface area contributed by atoms with Gasteiger partial charge in [0, 0.05) is 24.9 Å². The van der Waals surface area contributed by atoms with E-state index in [1.165, 1.54) is 0 Å². The van der Waals surface area contributed by atoms with E-state index in [2.05, 4.69) is 24.3 Å². The number of hydrogen-bond acceptors (Lipinski definition) is 4. The van der Waals surface area contributed by atoms with Crippen LogP contribution in [0.3, 0.4) is 0 Å². The molecule has 0 unspecified atom stereocenters. The molecule has 0 bridgehead atoms. The summed E-state index contributed by atoms with van der Waals surface area (Å²) in [5, 5.41) is 2.88. The first-order chi connectivity index (χ1) is 9.31. The molecule has 0 aromatic rings. The van der Waals surface area contributed by atoms with Crippen LogP contribution in [0.2, 0.25) is 0 Å². The number of likely N-dealkylation sites (tertiary alicyclic amines) is 1. The van der Waals surface area contributed by atoms with Crippen molar-refractivity contribution in [1.82, 2.24) is 15.1 Å². The summed E-state index contributed by atoms with van der Waals surface area (Å²) in [5.74, 6) is 0.722. The Morgan fingerprint density at radius 1 is 1.35 bits per heavy atom. The summed E-state index contributed by atoms with van der Waals surface area (Å²) >= 11 is 1.57. The van der Waals surface area contributed by atoms with Crippen LogP contribution in [0.25, 0.3) is 0 Å². The molecule has 2 fully saturated rings. The number of carbonyl (C=O) groups is 2. The summed E-state index contributed by atoms with van der Waals surface area (Å²) < 4.78 is -0.422. The predicted molar refractivity (Wildman–Crippen MR) is 81.8 cm³/mol. The second kappa shape index (κ2) is 5.93. The Morgan fingerprint density at radius 3 is 2.45 bits per heavy atom. The largest absolute Gasteiger partial charge is 0.342 e. The molecule has 6 heteroatoms. The predicted octanol–water partition coefficient (Wildman–Crippen LogP) is 0.549. The molecule has 20 heavy (non-hydrogen) atoms. The fraction of sp³-hybridized carbons (Fsp3) is 0.857. The number of nitrogens with zero attached hydrogens (tertiary/aromatic N) is 2. The monoisotopic (exact) mass is 299 g/mol. The number of amides is 2. The van der Waals surface area contributed by atoms with Crippen LogP contribution in [0.5, 0.6) is 0 Å². The first-order valence-corrected chi connectivity index (χ1v) is 8.20. The Labute approximate surface area is 125 Å². The van der Waals surface area contributed by atoms with Gasteiger partial charge in [-0.1, -0.05) is 0 Å². The zero-order valence-electron chi connectivity index (χ0n) is 12.8. The van der Waals surface area contributed by atoms with Crippen molar-refractivity contribution in [3.63, 3.8) is 0 Å². The minimum absolute atomic E-state index is 0.0322. The van der Waals surface area contributed by atoms with Crippen LogP contribution >= 0.6 is 11.8 Å². The Bertz CT molecular complexity index is 390. The molecule has 0 spiro atoms. The molecule has 0 radical (unpaired) electrons. The molecule has 1 N–H and O–H groups in total. The molecule has 2 aliphatic heterocycles. The lowest BCUT2D eigenvalue weighted by molar-refractivity contribution is -0.137. The molecule has 2 rings (SSSR count). The molecule has 2 amide bonds. The summed E-state index contributed by atoms with van der Waals surface area (Å²) in [5.41, 5.74) is 0. The summed E-state index contributed by atoms with van der Waals surface area (Å²) in [6.07, 6.45) is 2.02. The Hall–Kier alpha value is -0.750. The van der Waals surface area contributed by atoms with Crippen molar-refractivity contribution < 1.29 is 9.59 Å². The quantitative estimate of drug-likeness (QED) is 0.809. The number of rotatable bonds is 2. The maximum absolute atomic E-state index is 12.5. The van der Waals surface area contributed by atoms with Crippen LogP contribution in [-0.2, 0) is 9.59 Å². The van der Waals surface area contributed by atoms with Gasteiger partial charge in [-0.05, 0) is 40.8 Å². The van der Waals surface area contributed by atoms with Gasteiger partial charge in [0.15, 0.2) is 0 Å². The summed E-state index contributed by atoms with van der Waals surface area (Å²) in [6, 6.07) is 0.213. The van der Waals surface area contributed by atoms with Crippen molar-refractivity contribution in [3.05, 3.63) is 0 Å². The lowest BCUT2D eigenvalue weighted by atomic mass is 10.0. The number of piperidine rings is 1. The van der Waals surface area contributed by atoms with Gasteiger partial charge in [0.1, 0.15) is 6.04 Å². The third-order valence-electron chi connectivity index (χ3n) is 4.27. The average Bonchev–Trinajstić information content (AvgIpc) is 2.41. The molecular formula is C14H25N3O2S. The highest BCUT2D eigenvalue weighted by molar-refractivity contribution is 8.01. The third kappa shape index (κ3) is 3.28. The lowest BCUT2D eigenvalue weighted by Crippen LogP contribution is -2.59. The number of thioether (sulfide) groups is 1. The van der Waals surface area contributed by atoms with E-state index in [9.17, 15) is 9.59 Å². The maximum Gasteiger partial charge on any atom is 0.246 e. The number of nitrogens with one attached hydrogen (secondary N) is 1. The highest BCUT2D eigenvalue weighted by Crippen LogP contribution is 2.29. The Morgan fingerprint density at radius 2 is 1.95 bits per heavy atom. The minimum atomic E-state index is -0.422. The van der Waals surface area contributed by atoms with E-state index in [1.54, 1.807) is 11.8 Å². The Balaban J connectivity index is 1.89. The first kappa shape index (κ1) is 15.6. The molecular weight excluding hydrogens is 274 g/mol. The van der Waals surface area contributed by atoms with Gasteiger partial charge in [-0.2, -0.15) is 0 Å². The van der Waals surface area contributed by atoms with Crippen LogP contribution in [-0.4, -0.2) is 71.4 Å². The fourth-order valence-corrected chi connectivity index (χ4v) is 3.69. The zero-order valence-corrected chi connectivity index (χ0v) is 13.6. The van der Waals surface area contributed by atoms with Crippen molar-refractivity contribution >= 4 is 23.6 Å². The molecule has 5 nitrogen and oxygen atoms in total. The molecule has 0 saturated carbocycles. The Kier molecular flexibility index (Phi) is 4.64. The van der Waals surface area contributed by atoms with Crippen LogP contribution in [0, 0.1) is 0 Å². The van der Waals surface area contributed by atoms with Gasteiger partial charge in [0.05, 0.1) is 4.75 Å². The van der Waals surface area contributed by atoms with Gasteiger partial charge < -0.3 is 15.1 Å². The topological polar surface area (TPSA) is 52.7 Å². The summed E-state index contributed by atoms with van der Waals surface area (Å²) in [4.78, 5) is 28.5. The van der Waals surface area contributed by atoms with Crippen molar-refractivity contribution in [2.24, 2.45) is 0 Å². The smallest absolute Gasteiger partial charge is 0.246 e. The van der Waals surface area contributed by atoms with E-state index in [-0.39, 0.29) is 17.9 Å². The number of hydrogen-bond donors (Lipinski definition) is 1. The SMILES string of the molecule is CN(C)C1CCN(C(=O)[C@@H]2CSC(C)(C)C(=O)N2)CC1. The second-order valence-electron chi connectivity index (χ2n) is 6.37. The second-order valence-corrected chi connectivity index (χ2v) is 8.01. The average molecular weight is 299 g/mol. The van der Waals surface area contributed by atoms with Gasteiger partial charge in [-0.25, -0.2) is 0 Å². The fourth-order valence-electron chi connectivity index (χ4n) is 2.69. The highest BCUT2D eigenvalue weighted by atomic mass is 32.2. The van der Waals surface area contributed by atoms with Crippen LogP contribution in [0.1, 0.15) is 26.7 Å². The third-order valence-corrected chi connectivity index (χ3v) is 5.67. The van der Waals surface area contributed by atoms with Gasteiger partial charge in [0.2, 0.25) is 11.8 Å². The molecule has 2 saturated heterocycles. The van der Waals surface area contributed by atoms with Crippen molar-refractivity contribution in [2.75, 3.05) is 32.9 Å². The molecule has 114 valence electrons. The molecule has 2 aliphatic rings. The maximum atomic E-state index is 12.5. The summed E-state index contributed by atoms with van der Waals surface area (Å²) in [7, 11) is 4.17. The van der Waals surface area contributed by atoms with Gasteiger partial charge in [-0.3, -0.25) is 9.59 Å². The van der Waals surface area contributed by atoms with E-state index in [0.29, 0.717) is 11.8 Å². The molecule has 1 atom stereocenters. The van der Waals surface area contributed by atoms with E-state index in [4.69, 9.17) is 0 Å². The molecule has 0 aromatic heterocycles. The van der Waals surface area contributed by atoms with E-state index >= 15 is 0 Å². The van der Waals surface area contributed by atoms with Crippen LogP contribution in [0.15, 0.2) is 0 Å². The number of carbonyl (C=O) groups excluding carboxylic acids is 2. The van der Waals surface area contributed by atoms with Crippen molar-refractivity contribution in [2.45, 2.75) is 43.5 Å². The first-order valence-electron chi connectivity index (χ1n) is 7.21. The molecule has 2 heterocycles. The molecule has 0 aliphatic carbocycles. The summed E-state index contributed by atoms with van der Waals surface area (Å²) in [6.45, 7) is 5.39. The molecule has 0 aromatic carbocycles. The van der Waals surface area contributed by atoms with Crippen LogP contribution < -0.4 is 5.32 Å².